The summed E-state index contributed by atoms with van der Waals surface area (Å²) in [5.41, 5.74) is 0.00425. The average molecular weight is 398 g/mol. The lowest BCUT2D eigenvalue weighted by Crippen LogP contribution is -2.49. The molecule has 0 aliphatic carbocycles. The highest BCUT2D eigenvalue weighted by Gasteiger charge is 2.37. The van der Waals surface area contributed by atoms with Crippen LogP contribution in [0.2, 0.25) is 0 Å². The Kier molecular flexibility index (Phi) is 5.37. The van der Waals surface area contributed by atoms with Crippen molar-refractivity contribution in [1.82, 2.24) is 20.1 Å². The van der Waals surface area contributed by atoms with E-state index in [1.165, 1.54) is 19.1 Å². The average Bonchev–Trinajstić information content (AvgIpc) is 3.10. The first-order valence-corrected chi connectivity index (χ1v) is 9.34. The molecule has 2 aromatic heterocycles. The molecule has 2 heterocycles. The van der Waals surface area contributed by atoms with Crippen molar-refractivity contribution in [3.05, 3.63) is 59.2 Å². The van der Waals surface area contributed by atoms with E-state index in [0.29, 0.717) is 16.7 Å². The molecule has 0 bridgehead atoms. The molecule has 0 aliphatic heterocycles. The van der Waals surface area contributed by atoms with Crippen LogP contribution in [-0.2, 0) is 10.3 Å². The Morgan fingerprint density at radius 2 is 1.97 bits per heavy atom. The second-order valence-electron chi connectivity index (χ2n) is 7.29. The number of nitrogens with one attached hydrogen (secondary N) is 1. The highest BCUT2D eigenvalue weighted by molar-refractivity contribution is 6.07. The van der Waals surface area contributed by atoms with Crippen molar-refractivity contribution >= 4 is 22.9 Å². The largest absolute Gasteiger partial charge is 0.479 e. The number of amides is 1. The minimum Gasteiger partial charge on any atom is -0.479 e. The van der Waals surface area contributed by atoms with Crippen molar-refractivity contribution in [2.45, 2.75) is 45.7 Å². The van der Waals surface area contributed by atoms with Crippen LogP contribution < -0.4 is 5.32 Å². The number of benzene rings is 1. The topological polar surface area (TPSA) is 97.1 Å². The lowest BCUT2D eigenvalue weighted by molar-refractivity contribution is -0.144. The van der Waals surface area contributed by atoms with Gasteiger partial charge in [0.25, 0.3) is 5.91 Å². The number of halogens is 1. The Morgan fingerprint density at radius 1 is 1.31 bits per heavy atom. The number of carbonyl (C=O) groups excluding carboxylic acids is 1. The summed E-state index contributed by atoms with van der Waals surface area (Å²) in [6.45, 7) is 7.17. The van der Waals surface area contributed by atoms with Gasteiger partial charge in [-0.2, -0.15) is 5.10 Å². The lowest BCUT2D eigenvalue weighted by Gasteiger charge is -2.27. The van der Waals surface area contributed by atoms with E-state index in [1.54, 1.807) is 23.9 Å². The summed E-state index contributed by atoms with van der Waals surface area (Å²) < 4.78 is 15.0. The fraction of sp³-hybridized carbons (Fsp3) is 0.333. The number of hydrogen-bond acceptors (Lipinski definition) is 4. The predicted octanol–water partition coefficient (Wildman–Crippen LogP) is 3.58. The van der Waals surface area contributed by atoms with Crippen LogP contribution in [0, 0.1) is 12.7 Å². The lowest BCUT2D eigenvalue weighted by atomic mass is 9.91. The second kappa shape index (κ2) is 7.62. The summed E-state index contributed by atoms with van der Waals surface area (Å²) in [5.74, 6) is -2.31. The van der Waals surface area contributed by atoms with Gasteiger partial charge in [-0.05, 0) is 51.0 Å². The van der Waals surface area contributed by atoms with Gasteiger partial charge in [-0.15, -0.1) is 0 Å². The standard InChI is InChI=1S/C21H23FN4O3/c1-5-13(3)26-18-17(11-23-26)16(10-12(2)24-18)19(27)25-21(4,20(28)29)14-6-8-15(22)9-7-14/h6-11,13H,5H2,1-4H3,(H,25,27)(H,28,29). The molecular formula is C21H23FN4O3. The third-order valence-corrected chi connectivity index (χ3v) is 5.16. The number of rotatable bonds is 6. The molecule has 2 atom stereocenters. The first-order chi connectivity index (χ1) is 13.7. The number of pyridine rings is 1. The molecule has 29 heavy (non-hydrogen) atoms. The number of carboxylic acid groups (broad SMARTS) is 1. The van der Waals surface area contributed by atoms with Crippen LogP contribution in [0.3, 0.4) is 0 Å². The van der Waals surface area contributed by atoms with E-state index >= 15 is 0 Å². The summed E-state index contributed by atoms with van der Waals surface area (Å²) in [5, 5.41) is 17.3. The van der Waals surface area contributed by atoms with Crippen molar-refractivity contribution in [1.29, 1.82) is 0 Å². The van der Waals surface area contributed by atoms with Crippen LogP contribution in [-0.4, -0.2) is 31.7 Å². The number of aryl methyl sites for hydroxylation is 1. The fourth-order valence-corrected chi connectivity index (χ4v) is 3.15. The number of carboxylic acids is 1. The fourth-order valence-electron chi connectivity index (χ4n) is 3.15. The third-order valence-electron chi connectivity index (χ3n) is 5.16. The van der Waals surface area contributed by atoms with Gasteiger partial charge in [0.05, 0.1) is 23.2 Å². The van der Waals surface area contributed by atoms with Crippen LogP contribution in [0.25, 0.3) is 11.0 Å². The van der Waals surface area contributed by atoms with Crippen LogP contribution in [0.15, 0.2) is 36.5 Å². The van der Waals surface area contributed by atoms with Crippen LogP contribution in [0.4, 0.5) is 4.39 Å². The summed E-state index contributed by atoms with van der Waals surface area (Å²) in [4.78, 5) is 29.6. The molecule has 7 nitrogen and oxygen atoms in total. The van der Waals surface area contributed by atoms with E-state index in [2.05, 4.69) is 15.4 Å². The normalized spacial score (nSPS) is 14.4. The molecule has 3 aromatic rings. The van der Waals surface area contributed by atoms with Gasteiger partial charge in [0.15, 0.2) is 11.2 Å². The van der Waals surface area contributed by atoms with E-state index < -0.39 is 23.2 Å². The summed E-state index contributed by atoms with van der Waals surface area (Å²) in [7, 11) is 0. The Labute approximate surface area is 167 Å². The van der Waals surface area contributed by atoms with E-state index in [-0.39, 0.29) is 17.2 Å². The second-order valence-corrected chi connectivity index (χ2v) is 7.29. The number of fused-ring (bicyclic) bond motifs is 1. The zero-order valence-electron chi connectivity index (χ0n) is 16.7. The monoisotopic (exact) mass is 398 g/mol. The van der Waals surface area contributed by atoms with Gasteiger partial charge in [-0.1, -0.05) is 19.1 Å². The molecule has 2 unspecified atom stereocenters. The van der Waals surface area contributed by atoms with Crippen molar-refractivity contribution in [2.75, 3.05) is 0 Å². The Morgan fingerprint density at radius 3 is 2.55 bits per heavy atom. The molecule has 2 N–H and O–H groups in total. The molecular weight excluding hydrogens is 375 g/mol. The molecule has 0 saturated carbocycles. The molecule has 8 heteroatoms. The maximum atomic E-state index is 13.3. The zero-order chi connectivity index (χ0) is 21.3. The van der Waals surface area contributed by atoms with Crippen molar-refractivity contribution in [3.63, 3.8) is 0 Å². The molecule has 3 rings (SSSR count). The molecule has 0 radical (unpaired) electrons. The zero-order valence-corrected chi connectivity index (χ0v) is 16.7. The van der Waals surface area contributed by atoms with Gasteiger partial charge in [0, 0.05) is 5.69 Å². The smallest absolute Gasteiger partial charge is 0.333 e. The number of aliphatic carboxylic acids is 1. The van der Waals surface area contributed by atoms with Gasteiger partial charge < -0.3 is 10.4 Å². The van der Waals surface area contributed by atoms with E-state index in [4.69, 9.17) is 0 Å². The van der Waals surface area contributed by atoms with Crippen LogP contribution in [0.5, 0.6) is 0 Å². The first kappa shape index (κ1) is 20.4. The number of aromatic nitrogens is 3. The highest BCUT2D eigenvalue weighted by Crippen LogP contribution is 2.26. The molecule has 0 saturated heterocycles. The molecule has 1 amide bonds. The SMILES string of the molecule is CCC(C)n1ncc2c(C(=O)NC(C)(C(=O)O)c3ccc(F)cc3)cc(C)nc21. The van der Waals surface area contributed by atoms with Crippen LogP contribution in [0.1, 0.15) is 54.8 Å². The van der Waals surface area contributed by atoms with Gasteiger partial charge in [0.1, 0.15) is 5.82 Å². The highest BCUT2D eigenvalue weighted by atomic mass is 19.1. The Balaban J connectivity index is 2.05. The van der Waals surface area contributed by atoms with Gasteiger partial charge in [0.2, 0.25) is 0 Å². The Hall–Kier alpha value is -3.29. The Bertz CT molecular complexity index is 1080. The third kappa shape index (κ3) is 3.70. The van der Waals surface area contributed by atoms with Crippen molar-refractivity contribution < 1.29 is 19.1 Å². The number of carbonyl (C=O) groups is 2. The van der Waals surface area contributed by atoms with E-state index in [1.807, 2.05) is 13.8 Å². The van der Waals surface area contributed by atoms with Gasteiger partial charge in [-0.3, -0.25) is 4.79 Å². The molecule has 1 aromatic carbocycles. The van der Waals surface area contributed by atoms with Crippen molar-refractivity contribution in [2.24, 2.45) is 0 Å². The summed E-state index contributed by atoms with van der Waals surface area (Å²) >= 11 is 0. The van der Waals surface area contributed by atoms with Crippen LogP contribution >= 0.6 is 0 Å². The van der Waals surface area contributed by atoms with Crippen molar-refractivity contribution in [3.8, 4) is 0 Å². The maximum Gasteiger partial charge on any atom is 0.333 e. The van der Waals surface area contributed by atoms with Gasteiger partial charge >= 0.3 is 5.97 Å². The first-order valence-electron chi connectivity index (χ1n) is 9.34. The van der Waals surface area contributed by atoms with Gasteiger partial charge in [-0.25, -0.2) is 18.9 Å². The number of hydrogen-bond donors (Lipinski definition) is 2. The molecule has 152 valence electrons. The molecule has 0 fully saturated rings. The summed E-state index contributed by atoms with van der Waals surface area (Å²) in [6.07, 6.45) is 2.41. The van der Waals surface area contributed by atoms with E-state index in [0.717, 1.165) is 18.6 Å². The molecule has 0 spiro atoms. The predicted molar refractivity (Wildman–Crippen MR) is 106 cm³/mol. The minimum atomic E-state index is -1.74. The summed E-state index contributed by atoms with van der Waals surface area (Å²) in [6, 6.07) is 6.71. The maximum absolute atomic E-state index is 13.3. The number of nitrogens with zero attached hydrogens (tertiary/aromatic N) is 3. The van der Waals surface area contributed by atoms with E-state index in [9.17, 15) is 19.1 Å². The quantitative estimate of drug-likeness (QED) is 0.661. The molecule has 0 aliphatic rings. The minimum absolute atomic E-state index is 0.0983.